The monoisotopic (exact) mass is 364 g/mol. The second-order valence-electron chi connectivity index (χ2n) is 7.38. The summed E-state index contributed by atoms with van der Waals surface area (Å²) in [6, 6.07) is 0. The molecule has 1 fully saturated rings. The molecule has 1 atom stereocenters. The predicted octanol–water partition coefficient (Wildman–Crippen LogP) is 4.27. The van der Waals surface area contributed by atoms with Crippen molar-refractivity contribution in [3.8, 4) is 0 Å². The maximum atomic E-state index is 11.9. The molecule has 0 saturated carbocycles. The van der Waals surface area contributed by atoms with Crippen LogP contribution in [-0.4, -0.2) is 28.9 Å². The summed E-state index contributed by atoms with van der Waals surface area (Å²) in [6.07, 6.45) is 10.3. The van der Waals surface area contributed by atoms with Crippen LogP contribution in [0.1, 0.15) is 90.9 Å². The van der Waals surface area contributed by atoms with Crippen LogP contribution in [0.25, 0.3) is 0 Å². The molecular weight excluding hydrogens is 332 g/mol. The first-order valence-electron chi connectivity index (χ1n) is 9.79. The third-order valence-corrected chi connectivity index (χ3v) is 4.74. The minimum Gasteiger partial charge on any atom is -0.459 e. The molecule has 0 spiro atoms. The maximum absolute atomic E-state index is 11.9. The molecule has 0 aliphatic carbocycles. The Labute approximate surface area is 156 Å². The van der Waals surface area contributed by atoms with E-state index in [1.807, 2.05) is 6.92 Å². The van der Waals surface area contributed by atoms with Gasteiger partial charge in [0.2, 0.25) is 0 Å². The average molecular weight is 364 g/mol. The summed E-state index contributed by atoms with van der Waals surface area (Å²) in [4.78, 5) is 46.4. The number of carbonyl (C=O) groups is 4. The average Bonchev–Trinajstić information content (AvgIpc) is 2.92. The van der Waals surface area contributed by atoms with Crippen molar-refractivity contribution in [2.45, 2.75) is 96.5 Å². The fourth-order valence-electron chi connectivity index (χ4n) is 3.05. The summed E-state index contributed by atoms with van der Waals surface area (Å²) in [5.74, 6) is -0.0774. The van der Waals surface area contributed by atoms with Crippen molar-refractivity contribution in [2.75, 3.05) is 0 Å². The first-order valence-corrected chi connectivity index (χ1v) is 9.79. The smallest absolute Gasteiger partial charge is 0.306 e. The van der Waals surface area contributed by atoms with Crippen LogP contribution in [0.5, 0.6) is 0 Å². The summed E-state index contributed by atoms with van der Waals surface area (Å²) in [5, 5.41) is 0. The van der Waals surface area contributed by atoms with Crippen LogP contribution < -0.4 is 0 Å². The van der Waals surface area contributed by atoms with Crippen molar-refractivity contribution >= 4 is 23.3 Å². The van der Waals surface area contributed by atoms with E-state index in [0.717, 1.165) is 19.3 Å². The van der Waals surface area contributed by atoms with Gasteiger partial charge in [-0.1, -0.05) is 25.8 Å². The SMILES string of the molecule is CCCCCC(=O)CC=CC(=O)CCC(=O)CCCC1(C)CCC(=O)O1. The Kier molecular flexibility index (Phi) is 10.1. The van der Waals surface area contributed by atoms with Gasteiger partial charge in [0.05, 0.1) is 0 Å². The molecule has 1 aliphatic rings. The third kappa shape index (κ3) is 9.64. The largest absolute Gasteiger partial charge is 0.459 e. The summed E-state index contributed by atoms with van der Waals surface area (Å²) >= 11 is 0. The number of esters is 1. The molecule has 1 rings (SSSR count). The Morgan fingerprint density at radius 1 is 1.04 bits per heavy atom. The lowest BCUT2D eigenvalue weighted by molar-refractivity contribution is -0.147. The van der Waals surface area contributed by atoms with E-state index in [9.17, 15) is 19.2 Å². The first-order chi connectivity index (χ1) is 12.3. The molecule has 0 amide bonds. The van der Waals surface area contributed by atoms with Gasteiger partial charge in [-0.3, -0.25) is 19.2 Å². The van der Waals surface area contributed by atoms with E-state index in [2.05, 4.69) is 6.92 Å². The molecule has 0 radical (unpaired) electrons. The highest BCUT2D eigenvalue weighted by molar-refractivity contribution is 5.93. The number of ether oxygens (including phenoxy) is 1. The van der Waals surface area contributed by atoms with E-state index in [0.29, 0.717) is 44.9 Å². The van der Waals surface area contributed by atoms with Crippen molar-refractivity contribution < 1.29 is 23.9 Å². The Balaban J connectivity index is 2.12. The lowest BCUT2D eigenvalue weighted by Gasteiger charge is -2.21. The fourth-order valence-corrected chi connectivity index (χ4v) is 3.05. The van der Waals surface area contributed by atoms with Crippen molar-refractivity contribution in [3.05, 3.63) is 12.2 Å². The molecule has 5 heteroatoms. The molecule has 0 N–H and O–H groups in total. The molecule has 1 saturated heterocycles. The van der Waals surface area contributed by atoms with Crippen molar-refractivity contribution in [1.29, 1.82) is 0 Å². The number of hydrogen-bond donors (Lipinski definition) is 0. The standard InChI is InChI=1S/C21H32O5/c1-3-4-5-8-17(22)9-6-10-18(23)12-13-19(24)11-7-15-21(2)16-14-20(25)26-21/h6,10H,3-5,7-9,11-16H2,1-2H3. The fraction of sp³-hybridized carbons (Fsp3) is 0.714. The minimum absolute atomic E-state index is 0.0512. The number of Topliss-reactive ketones (excluding diaryl/α,β-unsaturated/α-hetero) is 2. The van der Waals surface area contributed by atoms with Crippen molar-refractivity contribution in [2.24, 2.45) is 0 Å². The van der Waals surface area contributed by atoms with Gasteiger partial charge in [-0.2, -0.15) is 0 Å². The van der Waals surface area contributed by atoms with Crippen LogP contribution in [0, 0.1) is 0 Å². The molecular formula is C21H32O5. The van der Waals surface area contributed by atoms with Crippen LogP contribution in [0.4, 0.5) is 0 Å². The van der Waals surface area contributed by atoms with E-state index in [1.165, 1.54) is 6.08 Å². The van der Waals surface area contributed by atoms with Gasteiger partial charge >= 0.3 is 5.97 Å². The molecule has 5 nitrogen and oxygen atoms in total. The minimum atomic E-state index is -0.431. The van der Waals surface area contributed by atoms with Crippen LogP contribution in [0.15, 0.2) is 12.2 Å². The zero-order chi connectivity index (χ0) is 19.4. The predicted molar refractivity (Wildman–Crippen MR) is 99.7 cm³/mol. The number of rotatable bonds is 14. The number of unbranched alkanes of at least 4 members (excludes halogenated alkanes) is 2. The summed E-state index contributed by atoms with van der Waals surface area (Å²) in [6.45, 7) is 3.99. The van der Waals surface area contributed by atoms with Gasteiger partial charge < -0.3 is 4.74 Å². The first kappa shape index (κ1) is 22.3. The Hall–Kier alpha value is -1.78. The van der Waals surface area contributed by atoms with Crippen LogP contribution in [0.2, 0.25) is 0 Å². The Morgan fingerprint density at radius 2 is 1.77 bits per heavy atom. The van der Waals surface area contributed by atoms with Crippen LogP contribution in [0.3, 0.4) is 0 Å². The zero-order valence-corrected chi connectivity index (χ0v) is 16.2. The maximum Gasteiger partial charge on any atom is 0.306 e. The molecule has 0 aromatic carbocycles. The zero-order valence-electron chi connectivity index (χ0n) is 16.2. The topological polar surface area (TPSA) is 77.5 Å². The number of allylic oxidation sites excluding steroid dienone is 2. The van der Waals surface area contributed by atoms with E-state index in [4.69, 9.17) is 4.74 Å². The summed E-state index contributed by atoms with van der Waals surface area (Å²) in [7, 11) is 0. The molecule has 0 bridgehead atoms. The Morgan fingerprint density at radius 3 is 2.42 bits per heavy atom. The van der Waals surface area contributed by atoms with Gasteiger partial charge in [0.25, 0.3) is 0 Å². The van der Waals surface area contributed by atoms with E-state index >= 15 is 0 Å². The number of cyclic esters (lactones) is 1. The lowest BCUT2D eigenvalue weighted by atomic mass is 9.94. The highest BCUT2D eigenvalue weighted by Crippen LogP contribution is 2.31. The van der Waals surface area contributed by atoms with Crippen molar-refractivity contribution in [1.82, 2.24) is 0 Å². The van der Waals surface area contributed by atoms with Gasteiger partial charge in [-0.05, 0) is 38.7 Å². The normalized spacial score (nSPS) is 19.7. The lowest BCUT2D eigenvalue weighted by Crippen LogP contribution is -2.23. The highest BCUT2D eigenvalue weighted by atomic mass is 16.6. The van der Waals surface area contributed by atoms with E-state index < -0.39 is 5.60 Å². The Bertz CT molecular complexity index is 535. The molecule has 26 heavy (non-hydrogen) atoms. The van der Waals surface area contributed by atoms with Gasteiger partial charge in [-0.15, -0.1) is 0 Å². The number of hydrogen-bond acceptors (Lipinski definition) is 5. The van der Waals surface area contributed by atoms with Gasteiger partial charge in [0, 0.05) is 38.5 Å². The summed E-state index contributed by atoms with van der Waals surface area (Å²) in [5.41, 5.74) is -0.431. The van der Waals surface area contributed by atoms with Crippen molar-refractivity contribution in [3.63, 3.8) is 0 Å². The van der Waals surface area contributed by atoms with E-state index in [-0.39, 0.29) is 36.2 Å². The summed E-state index contributed by atoms with van der Waals surface area (Å²) < 4.78 is 5.28. The van der Waals surface area contributed by atoms with E-state index in [1.54, 1.807) is 6.08 Å². The number of ketones is 3. The molecule has 0 aromatic heterocycles. The number of carbonyl (C=O) groups excluding carboxylic acids is 4. The molecule has 1 heterocycles. The third-order valence-electron chi connectivity index (χ3n) is 4.74. The molecule has 146 valence electrons. The highest BCUT2D eigenvalue weighted by Gasteiger charge is 2.35. The molecule has 1 aliphatic heterocycles. The molecule has 0 aromatic rings. The quantitative estimate of drug-likeness (QED) is 0.261. The van der Waals surface area contributed by atoms with Gasteiger partial charge in [-0.25, -0.2) is 0 Å². The second-order valence-corrected chi connectivity index (χ2v) is 7.38. The van der Waals surface area contributed by atoms with Gasteiger partial charge in [0.1, 0.15) is 17.2 Å². The van der Waals surface area contributed by atoms with Gasteiger partial charge in [0.15, 0.2) is 5.78 Å². The molecule has 1 unspecified atom stereocenters. The van der Waals surface area contributed by atoms with Crippen LogP contribution in [-0.2, 0) is 23.9 Å². The van der Waals surface area contributed by atoms with Crippen LogP contribution >= 0.6 is 0 Å². The second kappa shape index (κ2) is 11.8.